The molecule has 0 unspecified atom stereocenters. The molecule has 1 aliphatic heterocycles. The Morgan fingerprint density at radius 3 is 2.12 bits per heavy atom. The molecular weight excluding hydrogens is 418 g/mol. The Balaban J connectivity index is 1.32. The van der Waals surface area contributed by atoms with Crippen LogP contribution in [0.15, 0.2) is 66.7 Å². The Kier molecular flexibility index (Phi) is 4.57. The van der Waals surface area contributed by atoms with Crippen molar-refractivity contribution < 1.29 is 23.9 Å². The molecule has 1 saturated heterocycles. The largest absolute Gasteiger partial charge is 0.425 e. The Morgan fingerprint density at radius 2 is 1.55 bits per heavy atom. The average Bonchev–Trinajstić information content (AvgIpc) is 3.62. The third-order valence-electron chi connectivity index (χ3n) is 7.79. The minimum atomic E-state index is -1.04. The first-order valence-electron chi connectivity index (χ1n) is 11.4. The van der Waals surface area contributed by atoms with E-state index in [0.29, 0.717) is 23.7 Å². The quantitative estimate of drug-likeness (QED) is 0.226. The summed E-state index contributed by atoms with van der Waals surface area (Å²) < 4.78 is 5.59. The van der Waals surface area contributed by atoms with Crippen LogP contribution in [0.3, 0.4) is 0 Å². The van der Waals surface area contributed by atoms with Crippen molar-refractivity contribution in [3.63, 3.8) is 0 Å². The molecule has 4 aliphatic carbocycles. The summed E-state index contributed by atoms with van der Waals surface area (Å²) in [5.41, 5.74) is 1.31. The first kappa shape index (κ1) is 20.1. The third kappa shape index (κ3) is 3.16. The summed E-state index contributed by atoms with van der Waals surface area (Å²) in [6.07, 6.45) is 6.22. The van der Waals surface area contributed by atoms with Crippen LogP contribution in [0.1, 0.15) is 22.3 Å². The van der Waals surface area contributed by atoms with Crippen LogP contribution in [-0.2, 0) is 20.8 Å². The van der Waals surface area contributed by atoms with Crippen LogP contribution in [0, 0.1) is 35.5 Å². The van der Waals surface area contributed by atoms with Gasteiger partial charge in [0, 0.05) is 12.0 Å². The number of hydrogen-bond acceptors (Lipinski definition) is 5. The summed E-state index contributed by atoms with van der Waals surface area (Å²) in [6, 6.07) is 14.5. The van der Waals surface area contributed by atoms with E-state index in [1.165, 1.54) is 17.0 Å². The van der Waals surface area contributed by atoms with Gasteiger partial charge in [-0.15, -0.1) is 0 Å². The van der Waals surface area contributed by atoms with Crippen LogP contribution in [0.4, 0.5) is 0 Å². The van der Waals surface area contributed by atoms with Crippen molar-refractivity contribution in [2.75, 3.05) is 0 Å². The van der Waals surface area contributed by atoms with E-state index in [9.17, 15) is 19.2 Å². The summed E-state index contributed by atoms with van der Waals surface area (Å²) in [4.78, 5) is 52.7. The smallest absolute Gasteiger partial charge is 0.335 e. The van der Waals surface area contributed by atoms with Gasteiger partial charge in [-0.05, 0) is 59.9 Å². The number of carbonyl (C=O) groups is 4. The van der Waals surface area contributed by atoms with Crippen LogP contribution >= 0.6 is 0 Å². The number of aldehydes is 1. The van der Waals surface area contributed by atoms with E-state index in [1.54, 1.807) is 12.1 Å². The normalized spacial score (nSPS) is 31.7. The summed E-state index contributed by atoms with van der Waals surface area (Å²) in [6.45, 7) is 0. The number of esters is 1. The predicted octanol–water partition coefficient (Wildman–Crippen LogP) is 3.07. The number of ether oxygens (including phenoxy) is 1. The first-order chi connectivity index (χ1) is 16.1. The lowest BCUT2D eigenvalue weighted by Crippen LogP contribution is -2.48. The fourth-order valence-electron chi connectivity index (χ4n) is 6.20. The highest BCUT2D eigenvalue weighted by Gasteiger charge is 2.68. The van der Waals surface area contributed by atoms with Gasteiger partial charge in [0.05, 0.1) is 11.8 Å². The number of carbonyl (C=O) groups excluding carboxylic acids is 4. The Morgan fingerprint density at radius 1 is 0.939 bits per heavy atom. The number of hydrogen-bond donors (Lipinski definition) is 0. The second-order valence-electron chi connectivity index (χ2n) is 9.51. The van der Waals surface area contributed by atoms with Crippen molar-refractivity contribution in [3.05, 3.63) is 77.9 Å². The van der Waals surface area contributed by atoms with E-state index >= 15 is 0 Å². The van der Waals surface area contributed by atoms with Crippen LogP contribution in [0.5, 0.6) is 5.75 Å². The summed E-state index contributed by atoms with van der Waals surface area (Å²) in [7, 11) is 0. The van der Waals surface area contributed by atoms with E-state index in [0.717, 1.165) is 12.0 Å². The summed E-state index contributed by atoms with van der Waals surface area (Å²) in [5, 5.41) is 0. The van der Waals surface area contributed by atoms with Gasteiger partial charge in [0.2, 0.25) is 11.8 Å². The number of amides is 2. The van der Waals surface area contributed by atoms with E-state index in [1.807, 2.05) is 30.3 Å². The van der Waals surface area contributed by atoms with Gasteiger partial charge >= 0.3 is 5.97 Å². The molecule has 2 aromatic rings. The third-order valence-corrected chi connectivity index (χ3v) is 7.79. The minimum Gasteiger partial charge on any atom is -0.425 e. The fourth-order valence-corrected chi connectivity index (χ4v) is 6.20. The van der Waals surface area contributed by atoms with E-state index in [4.69, 9.17) is 4.74 Å². The van der Waals surface area contributed by atoms with Gasteiger partial charge in [0.25, 0.3) is 0 Å². The monoisotopic (exact) mass is 441 g/mol. The molecule has 2 bridgehead atoms. The standard InChI is InChI=1S/C27H23NO5/c29-14-16-6-8-17(9-7-16)33-27(32)22(12-15-4-2-1-3-5-15)28-25(30)23-18-10-11-19(21-13-20(18)21)24(23)26(28)31/h1-11,14,18-24H,12-13H2/t18-,19-,20-,21-,22-,23-,24+/m0/s1. The number of nitrogens with zero attached hydrogens (tertiary/aromatic N) is 1. The average molecular weight is 441 g/mol. The van der Waals surface area contributed by atoms with Crippen molar-refractivity contribution in [1.29, 1.82) is 0 Å². The highest BCUT2D eigenvalue weighted by Crippen LogP contribution is 2.65. The lowest BCUT2D eigenvalue weighted by atomic mass is 9.63. The lowest BCUT2D eigenvalue weighted by Gasteiger charge is -2.37. The summed E-state index contributed by atoms with van der Waals surface area (Å²) >= 11 is 0. The predicted molar refractivity (Wildman–Crippen MR) is 118 cm³/mol. The SMILES string of the molecule is O=Cc1ccc(OC(=O)[C@H](Cc2ccccc2)N2C(=O)[C@@H]3[C@H]4C=C[C@@H]([C@@H]5C[C@@H]45)[C@@H]3C2=O)cc1. The molecule has 2 saturated carbocycles. The highest BCUT2D eigenvalue weighted by atomic mass is 16.5. The van der Waals surface area contributed by atoms with E-state index in [2.05, 4.69) is 12.2 Å². The number of likely N-dealkylation sites (tertiary alicyclic amines) is 1. The van der Waals surface area contributed by atoms with Gasteiger partial charge < -0.3 is 4.74 Å². The molecule has 5 aliphatic rings. The maximum absolute atomic E-state index is 13.6. The lowest BCUT2D eigenvalue weighted by molar-refractivity contribution is -0.153. The van der Waals surface area contributed by atoms with Crippen LogP contribution in [-0.4, -0.2) is 35.0 Å². The molecule has 0 aromatic heterocycles. The number of imide groups is 1. The zero-order chi connectivity index (χ0) is 22.7. The molecule has 3 fully saturated rings. The van der Waals surface area contributed by atoms with E-state index in [-0.39, 0.29) is 47.7 Å². The molecule has 0 N–H and O–H groups in total. The van der Waals surface area contributed by atoms with Gasteiger partial charge in [-0.3, -0.25) is 19.3 Å². The zero-order valence-corrected chi connectivity index (χ0v) is 17.9. The van der Waals surface area contributed by atoms with Gasteiger partial charge in [0.1, 0.15) is 18.1 Å². The fraction of sp³-hybridized carbons (Fsp3) is 0.333. The zero-order valence-electron chi connectivity index (χ0n) is 17.9. The molecule has 166 valence electrons. The maximum atomic E-state index is 13.6. The maximum Gasteiger partial charge on any atom is 0.335 e. The van der Waals surface area contributed by atoms with Gasteiger partial charge in [-0.25, -0.2) is 4.79 Å². The molecule has 6 heteroatoms. The minimum absolute atomic E-state index is 0.0933. The molecule has 2 amide bonds. The van der Waals surface area contributed by atoms with Crippen LogP contribution in [0.25, 0.3) is 0 Å². The van der Waals surface area contributed by atoms with Gasteiger partial charge in [-0.2, -0.15) is 0 Å². The van der Waals surface area contributed by atoms with Gasteiger partial charge in [-0.1, -0.05) is 42.5 Å². The molecule has 0 spiro atoms. The molecule has 33 heavy (non-hydrogen) atoms. The van der Waals surface area contributed by atoms with Crippen molar-refractivity contribution in [2.45, 2.75) is 18.9 Å². The van der Waals surface area contributed by atoms with Crippen LogP contribution in [0.2, 0.25) is 0 Å². The first-order valence-corrected chi connectivity index (χ1v) is 11.4. The van der Waals surface area contributed by atoms with Crippen molar-refractivity contribution in [1.82, 2.24) is 4.90 Å². The topological polar surface area (TPSA) is 80.8 Å². The molecule has 1 heterocycles. The number of benzene rings is 2. The highest BCUT2D eigenvalue weighted by molar-refractivity contribution is 6.09. The summed E-state index contributed by atoms with van der Waals surface area (Å²) in [5.74, 6) is -0.433. The van der Waals surface area contributed by atoms with E-state index < -0.39 is 12.0 Å². The molecule has 7 rings (SSSR count). The molecule has 0 radical (unpaired) electrons. The Labute approximate surface area is 191 Å². The van der Waals surface area contributed by atoms with Crippen molar-refractivity contribution >= 4 is 24.1 Å². The number of allylic oxidation sites excluding steroid dienone is 2. The molecular formula is C27H23NO5. The Hall–Kier alpha value is -3.54. The van der Waals surface area contributed by atoms with Gasteiger partial charge in [0.15, 0.2) is 0 Å². The van der Waals surface area contributed by atoms with Crippen molar-refractivity contribution in [2.24, 2.45) is 35.5 Å². The molecule has 2 aromatic carbocycles. The van der Waals surface area contributed by atoms with Crippen LogP contribution < -0.4 is 4.74 Å². The second kappa shape index (κ2) is 7.51. The second-order valence-corrected chi connectivity index (χ2v) is 9.51. The molecule has 6 nitrogen and oxygen atoms in total. The van der Waals surface area contributed by atoms with Crippen molar-refractivity contribution in [3.8, 4) is 5.75 Å². The molecule has 7 atom stereocenters. The Bertz CT molecular complexity index is 1130. The number of rotatable bonds is 6.